The summed E-state index contributed by atoms with van der Waals surface area (Å²) in [6.45, 7) is 10.0. The van der Waals surface area contributed by atoms with Gasteiger partial charge in [-0.05, 0) is 12.5 Å². The highest BCUT2D eigenvalue weighted by Crippen LogP contribution is 2.29. The molecule has 0 saturated carbocycles. The molecule has 2 unspecified atom stereocenters. The lowest BCUT2D eigenvalue weighted by molar-refractivity contribution is 0.727. The molecular weight excluding hydrogens is 242 g/mol. The van der Waals surface area contributed by atoms with E-state index in [0.717, 1.165) is 31.7 Å². The molecule has 2 heterocycles. The van der Waals surface area contributed by atoms with Crippen molar-refractivity contribution in [3.05, 3.63) is 18.5 Å². The fraction of sp³-hybridized carbons (Fsp3) is 0.643. The largest absolute Gasteiger partial charge is 0.384 e. The van der Waals surface area contributed by atoms with Crippen molar-refractivity contribution in [3.63, 3.8) is 0 Å². The molecule has 0 aliphatic carbocycles. The van der Waals surface area contributed by atoms with E-state index in [1.54, 1.807) is 0 Å². The van der Waals surface area contributed by atoms with Crippen LogP contribution in [0.25, 0.3) is 0 Å². The van der Waals surface area contributed by atoms with Crippen LogP contribution in [0.2, 0.25) is 0 Å². The van der Waals surface area contributed by atoms with Gasteiger partial charge >= 0.3 is 0 Å². The van der Waals surface area contributed by atoms with Crippen LogP contribution < -0.4 is 10.2 Å². The third kappa shape index (κ3) is 3.55. The van der Waals surface area contributed by atoms with Gasteiger partial charge in [-0.15, -0.1) is 0 Å². The second kappa shape index (κ2) is 6.32. The predicted octanol–water partition coefficient (Wildman–Crippen LogP) is 3.23. The summed E-state index contributed by atoms with van der Waals surface area (Å²) >= 11 is 2.08. The molecule has 3 nitrogen and oxygen atoms in total. The van der Waals surface area contributed by atoms with E-state index in [9.17, 15) is 0 Å². The van der Waals surface area contributed by atoms with Crippen molar-refractivity contribution in [2.24, 2.45) is 0 Å². The van der Waals surface area contributed by atoms with Crippen molar-refractivity contribution >= 4 is 23.1 Å². The van der Waals surface area contributed by atoms with Gasteiger partial charge < -0.3 is 10.2 Å². The van der Waals surface area contributed by atoms with Crippen LogP contribution in [-0.4, -0.2) is 35.1 Å². The molecular formula is C14H23N3S. The van der Waals surface area contributed by atoms with Crippen molar-refractivity contribution in [2.75, 3.05) is 29.9 Å². The van der Waals surface area contributed by atoms with E-state index in [2.05, 4.69) is 53.8 Å². The minimum absolute atomic E-state index is 0.695. The molecule has 1 aromatic heterocycles. The zero-order valence-corrected chi connectivity index (χ0v) is 12.3. The number of aromatic nitrogens is 1. The second-order valence-electron chi connectivity index (χ2n) is 5.02. The number of hydrogen-bond acceptors (Lipinski definition) is 4. The van der Waals surface area contributed by atoms with Crippen LogP contribution in [0.3, 0.4) is 0 Å². The Morgan fingerprint density at radius 3 is 2.72 bits per heavy atom. The molecule has 0 spiro atoms. The van der Waals surface area contributed by atoms with Gasteiger partial charge in [0, 0.05) is 30.1 Å². The quantitative estimate of drug-likeness (QED) is 0.904. The summed E-state index contributed by atoms with van der Waals surface area (Å²) in [6, 6.07) is 2.22. The van der Waals surface area contributed by atoms with Crippen LogP contribution >= 0.6 is 11.8 Å². The van der Waals surface area contributed by atoms with Gasteiger partial charge in [0.25, 0.3) is 0 Å². The van der Waals surface area contributed by atoms with E-state index in [4.69, 9.17) is 0 Å². The Balaban J connectivity index is 2.07. The fourth-order valence-corrected chi connectivity index (χ4v) is 3.68. The first kappa shape index (κ1) is 13.5. The van der Waals surface area contributed by atoms with Crippen LogP contribution in [0.15, 0.2) is 18.5 Å². The minimum Gasteiger partial charge on any atom is -0.384 e. The van der Waals surface area contributed by atoms with E-state index in [1.165, 1.54) is 5.69 Å². The number of anilines is 2. The molecule has 1 aliphatic heterocycles. The molecule has 4 heteroatoms. The van der Waals surface area contributed by atoms with Crippen molar-refractivity contribution in [1.82, 2.24) is 4.98 Å². The molecule has 1 N–H and O–H groups in total. The molecule has 0 aromatic carbocycles. The van der Waals surface area contributed by atoms with Crippen LogP contribution in [0.5, 0.6) is 0 Å². The Kier molecular flexibility index (Phi) is 4.75. The second-order valence-corrected chi connectivity index (χ2v) is 6.90. The molecule has 2 atom stereocenters. The maximum absolute atomic E-state index is 4.35. The Morgan fingerprint density at radius 2 is 2.06 bits per heavy atom. The molecule has 100 valence electrons. The normalized spacial score (nSPS) is 24.1. The summed E-state index contributed by atoms with van der Waals surface area (Å²) < 4.78 is 0. The third-order valence-corrected chi connectivity index (χ3v) is 4.32. The average molecular weight is 265 g/mol. The van der Waals surface area contributed by atoms with Crippen molar-refractivity contribution in [2.45, 2.75) is 37.7 Å². The van der Waals surface area contributed by atoms with Crippen molar-refractivity contribution in [3.8, 4) is 0 Å². The first-order valence-electron chi connectivity index (χ1n) is 6.78. The molecule has 0 bridgehead atoms. The van der Waals surface area contributed by atoms with Gasteiger partial charge in [-0.2, -0.15) is 11.8 Å². The highest BCUT2D eigenvalue weighted by atomic mass is 32.2. The Morgan fingerprint density at radius 1 is 1.33 bits per heavy atom. The monoisotopic (exact) mass is 265 g/mol. The molecule has 1 fully saturated rings. The Bertz CT molecular complexity index is 373. The lowest BCUT2D eigenvalue weighted by atomic mass is 10.2. The number of thioether (sulfide) groups is 1. The van der Waals surface area contributed by atoms with Gasteiger partial charge in [-0.3, -0.25) is 4.98 Å². The smallest absolute Gasteiger partial charge is 0.0574 e. The predicted molar refractivity (Wildman–Crippen MR) is 81.7 cm³/mol. The average Bonchev–Trinajstić information content (AvgIpc) is 2.35. The molecule has 0 amide bonds. The summed E-state index contributed by atoms with van der Waals surface area (Å²) in [5.74, 6) is 0. The fourth-order valence-electron chi connectivity index (χ4n) is 2.36. The third-order valence-electron chi connectivity index (χ3n) is 3.09. The summed E-state index contributed by atoms with van der Waals surface area (Å²) in [5, 5.41) is 4.79. The number of hydrogen-bond donors (Lipinski definition) is 1. The zero-order chi connectivity index (χ0) is 13.0. The van der Waals surface area contributed by atoms with E-state index in [0.29, 0.717) is 10.5 Å². The molecule has 0 radical (unpaired) electrons. The first-order valence-corrected chi connectivity index (χ1v) is 7.72. The van der Waals surface area contributed by atoms with Crippen LogP contribution in [0, 0.1) is 0 Å². The number of nitrogens with one attached hydrogen (secondary N) is 1. The van der Waals surface area contributed by atoms with E-state index >= 15 is 0 Å². The van der Waals surface area contributed by atoms with E-state index in [-0.39, 0.29) is 0 Å². The zero-order valence-electron chi connectivity index (χ0n) is 11.5. The summed E-state index contributed by atoms with van der Waals surface area (Å²) in [7, 11) is 0. The minimum atomic E-state index is 0.695. The van der Waals surface area contributed by atoms with Gasteiger partial charge in [0.15, 0.2) is 0 Å². The number of pyridine rings is 1. The topological polar surface area (TPSA) is 28.2 Å². The van der Waals surface area contributed by atoms with Crippen molar-refractivity contribution in [1.29, 1.82) is 0 Å². The van der Waals surface area contributed by atoms with E-state index in [1.807, 2.05) is 12.4 Å². The summed E-state index contributed by atoms with van der Waals surface area (Å²) in [4.78, 5) is 6.81. The lowest BCUT2D eigenvalue weighted by Gasteiger charge is -2.36. The molecule has 1 aromatic rings. The van der Waals surface area contributed by atoms with Gasteiger partial charge in [0.05, 0.1) is 23.8 Å². The maximum atomic E-state index is 4.35. The Labute approximate surface area is 114 Å². The standard InChI is InChI=1S/C14H23N3S/c1-4-5-16-13-6-14(8-15-7-13)17-9-11(2)18-12(3)10-17/h6-8,11-12,16H,4-5,9-10H2,1-3H3. The van der Waals surface area contributed by atoms with Crippen LogP contribution in [0.1, 0.15) is 27.2 Å². The van der Waals surface area contributed by atoms with Crippen LogP contribution in [0.4, 0.5) is 11.4 Å². The highest BCUT2D eigenvalue weighted by Gasteiger charge is 2.22. The maximum Gasteiger partial charge on any atom is 0.0574 e. The summed E-state index contributed by atoms with van der Waals surface area (Å²) in [5.41, 5.74) is 2.38. The summed E-state index contributed by atoms with van der Waals surface area (Å²) in [6.07, 6.45) is 5.02. The first-order chi connectivity index (χ1) is 8.69. The van der Waals surface area contributed by atoms with Gasteiger partial charge in [-0.25, -0.2) is 0 Å². The lowest BCUT2D eigenvalue weighted by Crippen LogP contribution is -2.40. The number of nitrogens with zero attached hydrogens (tertiary/aromatic N) is 2. The Hall–Kier alpha value is -0.900. The molecule has 1 saturated heterocycles. The van der Waals surface area contributed by atoms with Gasteiger partial charge in [0.1, 0.15) is 0 Å². The number of rotatable bonds is 4. The SMILES string of the molecule is CCCNc1cncc(N2CC(C)SC(C)C2)c1. The van der Waals surface area contributed by atoms with Gasteiger partial charge in [-0.1, -0.05) is 20.8 Å². The van der Waals surface area contributed by atoms with Crippen LogP contribution in [-0.2, 0) is 0 Å². The highest BCUT2D eigenvalue weighted by molar-refractivity contribution is 8.00. The molecule has 1 aliphatic rings. The van der Waals surface area contributed by atoms with Gasteiger partial charge in [0.2, 0.25) is 0 Å². The molecule has 2 rings (SSSR count). The van der Waals surface area contributed by atoms with Crippen molar-refractivity contribution < 1.29 is 0 Å². The molecule has 18 heavy (non-hydrogen) atoms. The van der Waals surface area contributed by atoms with E-state index < -0.39 is 0 Å².